The second kappa shape index (κ2) is 30.3. The van der Waals surface area contributed by atoms with Gasteiger partial charge in [-0.05, 0) is 97.9 Å². The molecular formula is C49H82N2. The van der Waals surface area contributed by atoms with Crippen LogP contribution in [0.4, 0.5) is 11.4 Å². The zero-order valence-corrected chi connectivity index (χ0v) is 34.9. The second-order valence-corrected chi connectivity index (χ2v) is 15.4. The number of benzene rings is 2. The Morgan fingerprint density at radius 2 is 0.608 bits per heavy atom. The highest BCUT2D eigenvalue weighted by atomic mass is 14.8. The average molecular weight is 699 g/mol. The molecule has 2 heteroatoms. The van der Waals surface area contributed by atoms with E-state index in [1.807, 2.05) is 0 Å². The van der Waals surface area contributed by atoms with Gasteiger partial charge in [0.1, 0.15) is 0 Å². The van der Waals surface area contributed by atoms with Crippen molar-refractivity contribution in [3.63, 3.8) is 0 Å². The molecule has 0 unspecified atom stereocenters. The Kier molecular flexibility index (Phi) is 26.7. The first kappa shape index (κ1) is 44.9. The molecule has 0 saturated heterocycles. The van der Waals surface area contributed by atoms with Crippen LogP contribution in [-0.2, 0) is 25.7 Å². The van der Waals surface area contributed by atoms with Crippen molar-refractivity contribution in [1.82, 2.24) is 0 Å². The fraction of sp³-hybridized carbons (Fsp3) is 0.714. The lowest BCUT2D eigenvalue weighted by atomic mass is 9.98. The second-order valence-electron chi connectivity index (χ2n) is 15.4. The molecule has 0 atom stereocenters. The van der Waals surface area contributed by atoms with Crippen LogP contribution >= 0.6 is 0 Å². The predicted octanol–water partition coefficient (Wildman–Crippen LogP) is 16.6. The van der Waals surface area contributed by atoms with E-state index in [0.29, 0.717) is 0 Å². The van der Waals surface area contributed by atoms with Crippen LogP contribution < -0.4 is 0 Å². The molecule has 0 saturated carbocycles. The van der Waals surface area contributed by atoms with E-state index in [-0.39, 0.29) is 0 Å². The molecule has 288 valence electrons. The lowest BCUT2D eigenvalue weighted by Crippen LogP contribution is -2.14. The van der Waals surface area contributed by atoms with E-state index < -0.39 is 0 Å². The van der Waals surface area contributed by atoms with E-state index in [9.17, 15) is 0 Å². The zero-order valence-electron chi connectivity index (χ0n) is 34.9. The monoisotopic (exact) mass is 699 g/mol. The van der Waals surface area contributed by atoms with Crippen LogP contribution in [-0.4, -0.2) is 11.4 Å². The van der Waals surface area contributed by atoms with Crippen molar-refractivity contribution in [2.24, 2.45) is 9.98 Å². The first-order valence-electron chi connectivity index (χ1n) is 22.5. The van der Waals surface area contributed by atoms with E-state index >= 15 is 0 Å². The smallest absolute Gasteiger partial charge is 0.0636 e. The molecule has 0 aromatic heterocycles. The number of nitrogens with zero attached hydrogens (tertiary/aromatic N) is 2. The number of unbranched alkanes of at least 4 members (excludes halogenated alkanes) is 21. The molecule has 51 heavy (non-hydrogen) atoms. The van der Waals surface area contributed by atoms with Gasteiger partial charge >= 0.3 is 0 Å². The topological polar surface area (TPSA) is 24.7 Å². The zero-order chi connectivity index (χ0) is 36.8. The Hall–Kier alpha value is -2.22. The molecule has 0 N–H and O–H groups in total. The van der Waals surface area contributed by atoms with Gasteiger partial charge in [-0.1, -0.05) is 189 Å². The summed E-state index contributed by atoms with van der Waals surface area (Å²) in [5, 5.41) is 0. The fourth-order valence-electron chi connectivity index (χ4n) is 7.64. The van der Waals surface area contributed by atoms with Crippen LogP contribution in [0.2, 0.25) is 0 Å². The molecule has 0 heterocycles. The number of rotatable bonds is 32. The average Bonchev–Trinajstić information content (AvgIpc) is 3.16. The minimum Gasteiger partial charge on any atom is -0.252 e. The van der Waals surface area contributed by atoms with E-state index in [2.05, 4.69) is 77.9 Å². The van der Waals surface area contributed by atoms with Crippen molar-refractivity contribution in [2.45, 2.75) is 228 Å². The van der Waals surface area contributed by atoms with Crippen molar-refractivity contribution in [3.05, 3.63) is 58.7 Å². The lowest BCUT2D eigenvalue weighted by molar-refractivity contribution is 0.528. The normalized spacial score (nSPS) is 12.3. The fourth-order valence-corrected chi connectivity index (χ4v) is 7.64. The maximum Gasteiger partial charge on any atom is 0.0636 e. The lowest BCUT2D eigenvalue weighted by Gasteiger charge is -2.14. The van der Waals surface area contributed by atoms with Gasteiger partial charge in [-0.3, -0.25) is 9.98 Å². The van der Waals surface area contributed by atoms with Gasteiger partial charge in [-0.2, -0.15) is 0 Å². The van der Waals surface area contributed by atoms with Gasteiger partial charge in [0.15, 0.2) is 0 Å². The van der Waals surface area contributed by atoms with Gasteiger partial charge in [0, 0.05) is 0 Å². The summed E-state index contributed by atoms with van der Waals surface area (Å²) < 4.78 is 0. The number of hydrogen-bond acceptors (Lipinski definition) is 2. The highest BCUT2D eigenvalue weighted by Gasteiger charge is 2.13. The molecule has 0 aliphatic carbocycles. The third-order valence-corrected chi connectivity index (χ3v) is 11.0. The van der Waals surface area contributed by atoms with E-state index in [1.54, 1.807) is 0 Å². The largest absolute Gasteiger partial charge is 0.252 e. The van der Waals surface area contributed by atoms with Crippen LogP contribution in [0, 0.1) is 0 Å². The minimum absolute atomic E-state index is 1.02. The molecule has 2 rings (SSSR count). The van der Waals surface area contributed by atoms with Gasteiger partial charge < -0.3 is 0 Å². The summed E-state index contributed by atoms with van der Waals surface area (Å²) in [5.41, 5.74) is 10.5. The number of hydrogen-bond donors (Lipinski definition) is 0. The van der Waals surface area contributed by atoms with Crippen molar-refractivity contribution in [3.8, 4) is 0 Å². The van der Waals surface area contributed by atoms with E-state index in [0.717, 1.165) is 49.9 Å². The molecule has 0 fully saturated rings. The van der Waals surface area contributed by atoms with Crippen LogP contribution in [0.15, 0.2) is 46.4 Å². The van der Waals surface area contributed by atoms with Gasteiger partial charge in [0.05, 0.1) is 22.8 Å². The van der Waals surface area contributed by atoms with Crippen molar-refractivity contribution in [1.29, 1.82) is 0 Å². The SMILES string of the molecule is CCCCCCCCCCCCCCCCCCCC(=Nc1ccc(CC)c(CC)c1)C(CCCCCCCC)=Nc1ccc(CC)c(CC)c1. The maximum atomic E-state index is 5.44. The van der Waals surface area contributed by atoms with Gasteiger partial charge in [0.2, 0.25) is 0 Å². The first-order chi connectivity index (χ1) is 25.1. The van der Waals surface area contributed by atoms with Crippen LogP contribution in [0.5, 0.6) is 0 Å². The molecule has 0 radical (unpaired) electrons. The van der Waals surface area contributed by atoms with Crippen LogP contribution in [0.25, 0.3) is 0 Å². The Morgan fingerprint density at radius 1 is 0.333 bits per heavy atom. The summed E-state index contributed by atoms with van der Waals surface area (Å²) in [6.07, 6.45) is 38.0. The predicted molar refractivity (Wildman–Crippen MR) is 231 cm³/mol. The summed E-state index contributed by atoms with van der Waals surface area (Å²) in [7, 11) is 0. The molecule has 0 spiro atoms. The van der Waals surface area contributed by atoms with Gasteiger partial charge in [0.25, 0.3) is 0 Å². The Bertz CT molecular complexity index is 1200. The van der Waals surface area contributed by atoms with Crippen LogP contribution in [0.3, 0.4) is 0 Å². The Labute approximate surface area is 318 Å². The Balaban J connectivity index is 2.03. The number of aryl methyl sites for hydroxylation is 4. The molecule has 0 aliphatic heterocycles. The summed E-state index contributed by atoms with van der Waals surface area (Å²) in [6, 6.07) is 13.8. The minimum atomic E-state index is 1.02. The summed E-state index contributed by atoms with van der Waals surface area (Å²) in [6.45, 7) is 13.7. The molecule has 0 bridgehead atoms. The molecule has 2 aromatic carbocycles. The molecule has 2 aromatic rings. The van der Waals surface area contributed by atoms with Gasteiger partial charge in [-0.15, -0.1) is 0 Å². The molecular weight excluding hydrogens is 617 g/mol. The molecule has 0 amide bonds. The van der Waals surface area contributed by atoms with Crippen molar-refractivity contribution in [2.75, 3.05) is 0 Å². The van der Waals surface area contributed by atoms with E-state index in [4.69, 9.17) is 9.98 Å². The van der Waals surface area contributed by atoms with Crippen molar-refractivity contribution < 1.29 is 0 Å². The Morgan fingerprint density at radius 3 is 0.882 bits per heavy atom. The maximum absolute atomic E-state index is 5.44. The van der Waals surface area contributed by atoms with E-state index in [1.165, 1.54) is 181 Å². The van der Waals surface area contributed by atoms with Crippen molar-refractivity contribution >= 4 is 22.8 Å². The summed E-state index contributed by atoms with van der Waals surface area (Å²) in [5.74, 6) is 0. The number of aliphatic imine (C=N–C) groups is 2. The third kappa shape index (κ3) is 20.0. The standard InChI is InChI=1S/C49H82N2/c1-7-13-15-17-19-20-21-22-23-24-25-26-27-28-29-31-33-35-49(51-47-39-37-43(10-4)45(12-6)41-47)48(34-32-30-18-16-14-8-2)50-46-38-36-42(9-3)44(11-5)40-46/h36-41H,7-35H2,1-6H3. The molecule has 0 aliphatic rings. The highest BCUT2D eigenvalue weighted by Crippen LogP contribution is 2.25. The van der Waals surface area contributed by atoms with Crippen LogP contribution in [0.1, 0.15) is 224 Å². The highest BCUT2D eigenvalue weighted by molar-refractivity contribution is 6.43. The summed E-state index contributed by atoms with van der Waals surface area (Å²) in [4.78, 5) is 10.9. The first-order valence-corrected chi connectivity index (χ1v) is 22.5. The molecule has 2 nitrogen and oxygen atoms in total. The van der Waals surface area contributed by atoms with Gasteiger partial charge in [-0.25, -0.2) is 0 Å². The third-order valence-electron chi connectivity index (χ3n) is 11.0. The quantitative estimate of drug-likeness (QED) is 0.0537. The summed E-state index contributed by atoms with van der Waals surface area (Å²) >= 11 is 0.